The lowest BCUT2D eigenvalue weighted by molar-refractivity contribution is 0.182. The molecule has 1 heterocycles. The summed E-state index contributed by atoms with van der Waals surface area (Å²) in [6.07, 6.45) is 2.34. The fourth-order valence-corrected chi connectivity index (χ4v) is 2.90. The number of nitrogens with zero attached hydrogens (tertiary/aromatic N) is 1. The zero-order valence-electron chi connectivity index (χ0n) is 13.1. The van der Waals surface area contributed by atoms with Crippen LogP contribution >= 0.6 is 0 Å². The summed E-state index contributed by atoms with van der Waals surface area (Å²) < 4.78 is 0. The second kappa shape index (κ2) is 6.29. The molecule has 0 bridgehead atoms. The monoisotopic (exact) mass is 274 g/mol. The van der Waals surface area contributed by atoms with Crippen molar-refractivity contribution in [2.24, 2.45) is 5.92 Å². The summed E-state index contributed by atoms with van der Waals surface area (Å²) in [5.74, 6) is 1.02. The number of benzene rings is 1. The minimum atomic E-state index is 0.0488. The van der Waals surface area contributed by atoms with Crippen molar-refractivity contribution in [3.63, 3.8) is 0 Å². The molecule has 0 radical (unpaired) electrons. The van der Waals surface area contributed by atoms with Gasteiger partial charge in [0.1, 0.15) is 0 Å². The molecule has 2 amide bonds. The van der Waals surface area contributed by atoms with Crippen molar-refractivity contribution < 1.29 is 4.79 Å². The molecule has 0 saturated carbocycles. The Morgan fingerprint density at radius 2 is 2.15 bits per heavy atom. The van der Waals surface area contributed by atoms with Crippen LogP contribution in [0.15, 0.2) is 18.2 Å². The highest BCUT2D eigenvalue weighted by atomic mass is 16.2. The predicted molar refractivity (Wildman–Crippen MR) is 84.3 cm³/mol. The number of rotatable bonds is 2. The Morgan fingerprint density at radius 3 is 2.80 bits per heavy atom. The van der Waals surface area contributed by atoms with Crippen molar-refractivity contribution >= 4 is 11.7 Å². The second-order valence-electron chi connectivity index (χ2n) is 6.32. The van der Waals surface area contributed by atoms with E-state index in [-0.39, 0.29) is 6.03 Å². The van der Waals surface area contributed by atoms with Crippen LogP contribution in [0.3, 0.4) is 0 Å². The summed E-state index contributed by atoms with van der Waals surface area (Å²) >= 11 is 0. The first kappa shape index (κ1) is 14.9. The van der Waals surface area contributed by atoms with Gasteiger partial charge in [0.2, 0.25) is 0 Å². The van der Waals surface area contributed by atoms with Gasteiger partial charge in [-0.05, 0) is 42.7 Å². The third kappa shape index (κ3) is 3.33. The van der Waals surface area contributed by atoms with Gasteiger partial charge in [0.15, 0.2) is 0 Å². The lowest BCUT2D eigenvalue weighted by Crippen LogP contribution is -2.41. The molecule has 1 unspecified atom stereocenters. The van der Waals surface area contributed by atoms with Gasteiger partial charge in [-0.1, -0.05) is 39.0 Å². The molecule has 0 aromatic heterocycles. The minimum Gasteiger partial charge on any atom is -0.324 e. The van der Waals surface area contributed by atoms with Gasteiger partial charge >= 0.3 is 6.03 Å². The van der Waals surface area contributed by atoms with E-state index in [4.69, 9.17) is 0 Å². The van der Waals surface area contributed by atoms with Crippen LogP contribution in [0, 0.1) is 12.8 Å². The number of hydrogen-bond acceptors (Lipinski definition) is 1. The standard InChI is InChI=1S/C17H26N2O/c1-12(2)15-9-5-8-14(4)16(15)18-17(20)19-10-6-7-13(3)11-19/h5,8-9,12-13H,6-7,10-11H2,1-4H3,(H,18,20). The van der Waals surface area contributed by atoms with Crippen LogP contribution in [-0.2, 0) is 0 Å². The molecule has 1 aliphatic heterocycles. The molecule has 0 aliphatic carbocycles. The number of amides is 2. The van der Waals surface area contributed by atoms with Crippen molar-refractivity contribution in [2.75, 3.05) is 18.4 Å². The number of carbonyl (C=O) groups is 1. The lowest BCUT2D eigenvalue weighted by Gasteiger charge is -2.31. The number of carbonyl (C=O) groups excluding carboxylic acids is 1. The molecular formula is C17H26N2O. The van der Waals surface area contributed by atoms with Crippen LogP contribution in [0.5, 0.6) is 0 Å². The van der Waals surface area contributed by atoms with Crippen LogP contribution in [0.4, 0.5) is 10.5 Å². The molecule has 1 N–H and O–H groups in total. The van der Waals surface area contributed by atoms with Crippen molar-refractivity contribution in [1.82, 2.24) is 4.90 Å². The highest BCUT2D eigenvalue weighted by Crippen LogP contribution is 2.28. The summed E-state index contributed by atoms with van der Waals surface area (Å²) in [4.78, 5) is 14.4. The maximum absolute atomic E-state index is 12.5. The van der Waals surface area contributed by atoms with E-state index in [2.05, 4.69) is 51.2 Å². The van der Waals surface area contributed by atoms with E-state index in [9.17, 15) is 4.79 Å². The van der Waals surface area contributed by atoms with Gasteiger partial charge in [-0.3, -0.25) is 0 Å². The van der Waals surface area contributed by atoms with Gasteiger partial charge in [0.25, 0.3) is 0 Å². The Balaban J connectivity index is 2.15. The largest absolute Gasteiger partial charge is 0.324 e. The van der Waals surface area contributed by atoms with Crippen LogP contribution in [0.1, 0.15) is 50.7 Å². The van der Waals surface area contributed by atoms with Crippen molar-refractivity contribution in [3.8, 4) is 0 Å². The van der Waals surface area contributed by atoms with Crippen LogP contribution in [0.25, 0.3) is 0 Å². The molecule has 1 aromatic carbocycles. The lowest BCUT2D eigenvalue weighted by atomic mass is 9.98. The minimum absolute atomic E-state index is 0.0488. The predicted octanol–water partition coefficient (Wildman–Crippen LogP) is 4.38. The van der Waals surface area contributed by atoms with E-state index in [1.54, 1.807) is 0 Å². The molecule has 2 rings (SSSR count). The van der Waals surface area contributed by atoms with E-state index in [0.29, 0.717) is 11.8 Å². The fraction of sp³-hybridized carbons (Fsp3) is 0.588. The van der Waals surface area contributed by atoms with Crippen LogP contribution in [-0.4, -0.2) is 24.0 Å². The maximum atomic E-state index is 12.5. The SMILES string of the molecule is Cc1cccc(C(C)C)c1NC(=O)N1CCCC(C)C1. The number of aryl methyl sites for hydroxylation is 1. The Labute approximate surface area is 122 Å². The highest BCUT2D eigenvalue weighted by molar-refractivity contribution is 5.91. The molecule has 0 spiro atoms. The van der Waals surface area contributed by atoms with Crippen LogP contribution in [0.2, 0.25) is 0 Å². The molecule has 20 heavy (non-hydrogen) atoms. The Bertz CT molecular complexity index is 482. The van der Waals surface area contributed by atoms with E-state index in [1.807, 2.05) is 4.90 Å². The first-order valence-corrected chi connectivity index (χ1v) is 7.64. The zero-order chi connectivity index (χ0) is 14.7. The van der Waals surface area contributed by atoms with E-state index < -0.39 is 0 Å². The average molecular weight is 274 g/mol. The number of likely N-dealkylation sites (tertiary alicyclic amines) is 1. The number of anilines is 1. The molecule has 1 aromatic rings. The molecule has 110 valence electrons. The average Bonchev–Trinajstić information content (AvgIpc) is 2.40. The number of nitrogens with one attached hydrogen (secondary N) is 1. The van der Waals surface area contributed by atoms with Gasteiger partial charge in [-0.25, -0.2) is 4.79 Å². The summed E-state index contributed by atoms with van der Waals surface area (Å²) in [6, 6.07) is 6.27. The Hall–Kier alpha value is -1.51. The van der Waals surface area contributed by atoms with Gasteiger partial charge in [0.05, 0.1) is 0 Å². The van der Waals surface area contributed by atoms with Gasteiger partial charge in [-0.2, -0.15) is 0 Å². The summed E-state index contributed by atoms with van der Waals surface area (Å²) in [5.41, 5.74) is 3.34. The van der Waals surface area contributed by atoms with Gasteiger partial charge in [-0.15, -0.1) is 0 Å². The quantitative estimate of drug-likeness (QED) is 0.852. The van der Waals surface area contributed by atoms with Crippen LogP contribution < -0.4 is 5.32 Å². The number of piperidine rings is 1. The first-order valence-electron chi connectivity index (χ1n) is 7.64. The van der Waals surface area contributed by atoms with Crippen molar-refractivity contribution in [2.45, 2.75) is 46.5 Å². The van der Waals surface area contributed by atoms with E-state index in [1.165, 1.54) is 12.0 Å². The second-order valence-corrected chi connectivity index (χ2v) is 6.32. The molecule has 3 heteroatoms. The normalized spacial score (nSPS) is 19.2. The van der Waals surface area contributed by atoms with Crippen molar-refractivity contribution in [1.29, 1.82) is 0 Å². The summed E-state index contributed by atoms with van der Waals surface area (Å²) in [7, 11) is 0. The zero-order valence-corrected chi connectivity index (χ0v) is 13.1. The number of para-hydroxylation sites is 1. The Morgan fingerprint density at radius 1 is 1.40 bits per heavy atom. The molecule has 3 nitrogen and oxygen atoms in total. The topological polar surface area (TPSA) is 32.3 Å². The third-order valence-corrected chi connectivity index (χ3v) is 4.10. The van der Waals surface area contributed by atoms with Gasteiger partial charge < -0.3 is 10.2 Å². The fourth-order valence-electron chi connectivity index (χ4n) is 2.90. The molecule has 1 atom stereocenters. The molecular weight excluding hydrogens is 248 g/mol. The molecule has 1 saturated heterocycles. The molecule has 1 fully saturated rings. The maximum Gasteiger partial charge on any atom is 0.321 e. The molecule has 1 aliphatic rings. The number of urea groups is 1. The first-order chi connectivity index (χ1) is 9.49. The van der Waals surface area contributed by atoms with Crippen molar-refractivity contribution in [3.05, 3.63) is 29.3 Å². The van der Waals surface area contributed by atoms with Gasteiger partial charge in [0, 0.05) is 18.8 Å². The highest BCUT2D eigenvalue weighted by Gasteiger charge is 2.22. The summed E-state index contributed by atoms with van der Waals surface area (Å²) in [6.45, 7) is 10.3. The Kier molecular flexibility index (Phi) is 4.69. The van der Waals surface area contributed by atoms with E-state index in [0.717, 1.165) is 30.8 Å². The number of hydrogen-bond donors (Lipinski definition) is 1. The smallest absolute Gasteiger partial charge is 0.321 e. The third-order valence-electron chi connectivity index (χ3n) is 4.10. The summed E-state index contributed by atoms with van der Waals surface area (Å²) in [5, 5.41) is 3.14. The van der Waals surface area contributed by atoms with E-state index >= 15 is 0 Å².